The van der Waals surface area contributed by atoms with Crippen molar-refractivity contribution in [3.05, 3.63) is 60.7 Å². The predicted molar refractivity (Wildman–Crippen MR) is 107 cm³/mol. The number of nitrogens with zero attached hydrogens (tertiary/aromatic N) is 4. The second-order valence-electron chi connectivity index (χ2n) is 6.67. The third-order valence-electron chi connectivity index (χ3n) is 4.85. The van der Waals surface area contributed by atoms with Crippen LogP contribution in [-0.2, 0) is 0 Å². The van der Waals surface area contributed by atoms with Crippen LogP contribution in [-0.4, -0.2) is 48.1 Å². The van der Waals surface area contributed by atoms with E-state index in [-0.39, 0.29) is 0 Å². The Balaban J connectivity index is 1.75. The minimum absolute atomic E-state index is 0.319. The van der Waals surface area contributed by atoms with Crippen LogP contribution in [0.2, 0.25) is 0 Å². The van der Waals surface area contributed by atoms with Gasteiger partial charge in [0, 0.05) is 37.8 Å². The summed E-state index contributed by atoms with van der Waals surface area (Å²) in [6, 6.07) is 20.7. The standard InChI is InChI=1S/C21H23N5/c1-25-11-13-26(14-12-25)20-15-19(23-21(22)24-20)18-10-6-5-9-17(18)16-7-3-2-4-8-16/h2-10,15H,11-14H2,1H3,(H2,22,23,24). The van der Waals surface area contributed by atoms with Crippen LogP contribution in [0.3, 0.4) is 0 Å². The Morgan fingerprint density at radius 1 is 0.808 bits per heavy atom. The first-order chi connectivity index (χ1) is 12.7. The maximum absolute atomic E-state index is 6.06. The molecule has 0 atom stereocenters. The largest absolute Gasteiger partial charge is 0.368 e. The molecule has 2 aromatic carbocycles. The molecule has 5 nitrogen and oxygen atoms in total. The Bertz CT molecular complexity index is 886. The van der Waals surface area contributed by atoms with Crippen LogP contribution < -0.4 is 10.6 Å². The van der Waals surface area contributed by atoms with Crippen LogP contribution in [0.5, 0.6) is 0 Å². The molecule has 3 aromatic rings. The summed E-state index contributed by atoms with van der Waals surface area (Å²) in [6.45, 7) is 3.96. The van der Waals surface area contributed by atoms with Crippen LogP contribution in [0.15, 0.2) is 60.7 Å². The Labute approximate surface area is 154 Å². The highest BCUT2D eigenvalue weighted by Crippen LogP contribution is 2.32. The van der Waals surface area contributed by atoms with Gasteiger partial charge >= 0.3 is 0 Å². The summed E-state index contributed by atoms with van der Waals surface area (Å²) < 4.78 is 0. The van der Waals surface area contributed by atoms with Gasteiger partial charge in [-0.25, -0.2) is 4.98 Å². The molecule has 26 heavy (non-hydrogen) atoms. The third-order valence-corrected chi connectivity index (χ3v) is 4.85. The van der Waals surface area contributed by atoms with Gasteiger partial charge in [0.1, 0.15) is 5.82 Å². The molecule has 1 fully saturated rings. The first kappa shape index (κ1) is 16.5. The molecule has 0 amide bonds. The lowest BCUT2D eigenvalue weighted by molar-refractivity contribution is 0.312. The van der Waals surface area contributed by atoms with Gasteiger partial charge in [-0.15, -0.1) is 0 Å². The lowest BCUT2D eigenvalue weighted by Gasteiger charge is -2.33. The van der Waals surface area contributed by atoms with E-state index in [1.807, 2.05) is 12.1 Å². The molecule has 2 heterocycles. The fraction of sp³-hybridized carbons (Fsp3) is 0.238. The van der Waals surface area contributed by atoms with Crippen LogP contribution >= 0.6 is 0 Å². The maximum atomic E-state index is 6.06. The molecule has 1 aliphatic rings. The SMILES string of the molecule is CN1CCN(c2cc(-c3ccccc3-c3ccccc3)nc(N)n2)CC1. The van der Waals surface area contributed by atoms with Crippen molar-refractivity contribution in [1.82, 2.24) is 14.9 Å². The molecule has 2 N–H and O–H groups in total. The quantitative estimate of drug-likeness (QED) is 0.790. The lowest BCUT2D eigenvalue weighted by Crippen LogP contribution is -2.44. The highest BCUT2D eigenvalue weighted by Gasteiger charge is 2.18. The lowest BCUT2D eigenvalue weighted by atomic mass is 9.97. The topological polar surface area (TPSA) is 58.3 Å². The van der Waals surface area contributed by atoms with Gasteiger partial charge in [-0.3, -0.25) is 0 Å². The van der Waals surface area contributed by atoms with Gasteiger partial charge in [-0.2, -0.15) is 4.98 Å². The average molecular weight is 345 g/mol. The molecule has 4 rings (SSSR count). The van der Waals surface area contributed by atoms with E-state index in [4.69, 9.17) is 5.73 Å². The number of piperazine rings is 1. The summed E-state index contributed by atoms with van der Waals surface area (Å²) in [7, 11) is 2.15. The number of hydrogen-bond acceptors (Lipinski definition) is 5. The summed E-state index contributed by atoms with van der Waals surface area (Å²) in [6.07, 6.45) is 0. The average Bonchev–Trinajstić information content (AvgIpc) is 2.69. The molecule has 1 aromatic heterocycles. The van der Waals surface area contributed by atoms with Crippen LogP contribution in [0.1, 0.15) is 0 Å². The molecule has 0 aliphatic carbocycles. The smallest absolute Gasteiger partial charge is 0.222 e. The zero-order chi connectivity index (χ0) is 17.9. The monoisotopic (exact) mass is 345 g/mol. The number of nitrogen functional groups attached to an aromatic ring is 1. The summed E-state index contributed by atoms with van der Waals surface area (Å²) in [5.41, 5.74) is 10.3. The van der Waals surface area contributed by atoms with Gasteiger partial charge in [0.25, 0.3) is 0 Å². The van der Waals surface area contributed by atoms with E-state index < -0.39 is 0 Å². The van der Waals surface area contributed by atoms with Crippen molar-refractivity contribution in [2.45, 2.75) is 0 Å². The second kappa shape index (κ2) is 7.14. The van der Waals surface area contributed by atoms with E-state index in [0.29, 0.717) is 5.95 Å². The fourth-order valence-corrected chi connectivity index (χ4v) is 3.36. The minimum Gasteiger partial charge on any atom is -0.368 e. The van der Waals surface area contributed by atoms with Gasteiger partial charge in [0.15, 0.2) is 0 Å². The molecule has 132 valence electrons. The van der Waals surface area contributed by atoms with E-state index >= 15 is 0 Å². The summed E-state index contributed by atoms with van der Waals surface area (Å²) in [4.78, 5) is 13.6. The molecule has 0 radical (unpaired) electrons. The van der Waals surface area contributed by atoms with E-state index in [9.17, 15) is 0 Å². The minimum atomic E-state index is 0.319. The van der Waals surface area contributed by atoms with Crippen LogP contribution in [0, 0.1) is 0 Å². The van der Waals surface area contributed by atoms with E-state index in [1.165, 1.54) is 5.56 Å². The first-order valence-electron chi connectivity index (χ1n) is 8.93. The third kappa shape index (κ3) is 3.39. The molecule has 0 saturated carbocycles. The molecular weight excluding hydrogens is 322 g/mol. The molecular formula is C21H23N5. The Morgan fingerprint density at radius 3 is 2.19 bits per heavy atom. The number of hydrogen-bond donors (Lipinski definition) is 1. The number of rotatable bonds is 3. The summed E-state index contributed by atoms with van der Waals surface area (Å²) in [5.74, 6) is 1.22. The molecule has 1 saturated heterocycles. The summed E-state index contributed by atoms with van der Waals surface area (Å²) in [5, 5.41) is 0. The van der Waals surface area contributed by atoms with Crippen molar-refractivity contribution in [3.63, 3.8) is 0 Å². The number of anilines is 2. The van der Waals surface area contributed by atoms with Gasteiger partial charge in [0.05, 0.1) is 5.69 Å². The van der Waals surface area contributed by atoms with Crippen molar-refractivity contribution in [2.75, 3.05) is 43.9 Å². The van der Waals surface area contributed by atoms with E-state index in [0.717, 1.165) is 48.8 Å². The normalized spacial score (nSPS) is 15.2. The van der Waals surface area contributed by atoms with E-state index in [2.05, 4.69) is 75.3 Å². The Morgan fingerprint density at radius 2 is 1.46 bits per heavy atom. The summed E-state index contributed by atoms with van der Waals surface area (Å²) >= 11 is 0. The first-order valence-corrected chi connectivity index (χ1v) is 8.93. The van der Waals surface area contributed by atoms with Crippen molar-refractivity contribution in [3.8, 4) is 22.4 Å². The molecule has 0 unspecified atom stereocenters. The second-order valence-corrected chi connectivity index (χ2v) is 6.67. The molecule has 0 bridgehead atoms. The Kier molecular flexibility index (Phi) is 4.54. The Hall–Kier alpha value is -2.92. The van der Waals surface area contributed by atoms with Gasteiger partial charge in [0.2, 0.25) is 5.95 Å². The predicted octanol–water partition coefficient (Wildman–Crippen LogP) is 3.14. The zero-order valence-electron chi connectivity index (χ0n) is 15.0. The van der Waals surface area contributed by atoms with Gasteiger partial charge in [-0.1, -0.05) is 54.6 Å². The zero-order valence-corrected chi connectivity index (χ0v) is 15.0. The fourth-order valence-electron chi connectivity index (χ4n) is 3.36. The highest BCUT2D eigenvalue weighted by molar-refractivity contribution is 5.82. The maximum Gasteiger partial charge on any atom is 0.222 e. The van der Waals surface area contributed by atoms with Crippen molar-refractivity contribution < 1.29 is 0 Å². The van der Waals surface area contributed by atoms with Crippen LogP contribution in [0.4, 0.5) is 11.8 Å². The van der Waals surface area contributed by atoms with Crippen molar-refractivity contribution >= 4 is 11.8 Å². The number of aromatic nitrogens is 2. The molecule has 0 spiro atoms. The number of likely N-dealkylation sites (N-methyl/N-ethyl adjacent to an activating group) is 1. The van der Waals surface area contributed by atoms with Gasteiger partial charge < -0.3 is 15.5 Å². The number of benzene rings is 2. The van der Waals surface area contributed by atoms with Crippen molar-refractivity contribution in [1.29, 1.82) is 0 Å². The number of nitrogens with two attached hydrogens (primary N) is 1. The molecule has 1 aliphatic heterocycles. The van der Waals surface area contributed by atoms with Crippen LogP contribution in [0.25, 0.3) is 22.4 Å². The highest BCUT2D eigenvalue weighted by atomic mass is 15.3. The molecule has 5 heteroatoms. The van der Waals surface area contributed by atoms with E-state index in [1.54, 1.807) is 0 Å². The van der Waals surface area contributed by atoms with Crippen molar-refractivity contribution in [2.24, 2.45) is 0 Å². The van der Waals surface area contributed by atoms with Gasteiger partial charge in [-0.05, 0) is 18.2 Å².